The Bertz CT molecular complexity index is 1060. The fraction of sp³-hybridized carbons (Fsp3) is 0.375. The summed E-state index contributed by atoms with van der Waals surface area (Å²) >= 11 is 0. The number of hydrogen-bond acceptors (Lipinski definition) is 4. The van der Waals surface area contributed by atoms with Crippen LogP contribution in [0.2, 0.25) is 0 Å². The summed E-state index contributed by atoms with van der Waals surface area (Å²) < 4.78 is 7.38. The Balaban J connectivity index is 1.59. The van der Waals surface area contributed by atoms with E-state index in [2.05, 4.69) is 17.1 Å². The van der Waals surface area contributed by atoms with E-state index in [9.17, 15) is 9.59 Å². The normalized spacial score (nSPS) is 13.3. The van der Waals surface area contributed by atoms with Gasteiger partial charge in [-0.25, -0.2) is 4.98 Å². The van der Waals surface area contributed by atoms with Gasteiger partial charge in [0.2, 0.25) is 5.91 Å². The van der Waals surface area contributed by atoms with Crippen LogP contribution in [0, 0.1) is 0 Å². The zero-order chi connectivity index (χ0) is 21.6. The predicted molar refractivity (Wildman–Crippen MR) is 118 cm³/mol. The van der Waals surface area contributed by atoms with Gasteiger partial charge in [-0.3, -0.25) is 14.2 Å². The fourth-order valence-corrected chi connectivity index (χ4v) is 3.47. The van der Waals surface area contributed by atoms with Crippen molar-refractivity contribution in [3.63, 3.8) is 0 Å². The van der Waals surface area contributed by atoms with Crippen LogP contribution in [0.25, 0.3) is 10.9 Å². The van der Waals surface area contributed by atoms with Gasteiger partial charge in [-0.1, -0.05) is 43.3 Å². The first-order valence-corrected chi connectivity index (χ1v) is 10.4. The van der Waals surface area contributed by atoms with Crippen LogP contribution in [0.4, 0.5) is 0 Å². The van der Waals surface area contributed by atoms with Gasteiger partial charge in [0.05, 0.1) is 17.2 Å². The van der Waals surface area contributed by atoms with E-state index in [1.807, 2.05) is 43.3 Å². The van der Waals surface area contributed by atoms with E-state index in [1.165, 1.54) is 5.56 Å². The molecule has 0 aliphatic rings. The zero-order valence-electron chi connectivity index (χ0n) is 17.6. The number of rotatable bonds is 10. The number of para-hydroxylation sites is 1. The van der Waals surface area contributed by atoms with Crippen molar-refractivity contribution >= 4 is 16.8 Å². The standard InChI is InChI=1S/C24H29N3O3/c1-3-15-30-24(2,23(25)29)16-19-12-10-18(11-13-19)7-6-14-27-17-26-21-9-5-4-8-20(21)22(27)28/h4-5,8-13,17H,3,6-7,14-16H2,1-2H3,(H2,25,29). The Morgan fingerprint density at radius 3 is 2.53 bits per heavy atom. The minimum atomic E-state index is -0.998. The lowest BCUT2D eigenvalue weighted by Gasteiger charge is -2.26. The number of benzene rings is 2. The molecule has 2 N–H and O–H groups in total. The molecule has 1 heterocycles. The Morgan fingerprint density at radius 1 is 1.13 bits per heavy atom. The molecule has 0 spiro atoms. The molecule has 3 aromatic rings. The van der Waals surface area contributed by atoms with E-state index < -0.39 is 11.5 Å². The molecule has 0 aliphatic heterocycles. The number of nitrogens with zero attached hydrogens (tertiary/aromatic N) is 2. The number of carbonyl (C=O) groups is 1. The maximum atomic E-state index is 12.6. The van der Waals surface area contributed by atoms with Crippen molar-refractivity contribution in [2.75, 3.05) is 6.61 Å². The highest BCUT2D eigenvalue weighted by molar-refractivity contribution is 5.83. The average molecular weight is 408 g/mol. The second-order valence-electron chi connectivity index (χ2n) is 7.80. The van der Waals surface area contributed by atoms with Gasteiger partial charge < -0.3 is 10.5 Å². The van der Waals surface area contributed by atoms with E-state index in [0.717, 1.165) is 30.3 Å². The van der Waals surface area contributed by atoms with Gasteiger partial charge in [0.15, 0.2) is 0 Å². The van der Waals surface area contributed by atoms with E-state index in [0.29, 0.717) is 25.0 Å². The summed E-state index contributed by atoms with van der Waals surface area (Å²) in [5, 5.41) is 0.646. The number of nitrogens with two attached hydrogens (primary N) is 1. The van der Waals surface area contributed by atoms with Gasteiger partial charge >= 0.3 is 0 Å². The third kappa shape index (κ3) is 5.13. The summed E-state index contributed by atoms with van der Waals surface area (Å²) in [6.07, 6.45) is 4.57. The number of ether oxygens (including phenoxy) is 1. The third-order valence-electron chi connectivity index (χ3n) is 5.31. The topological polar surface area (TPSA) is 87.2 Å². The van der Waals surface area contributed by atoms with Gasteiger partial charge in [0.1, 0.15) is 5.60 Å². The Hall–Kier alpha value is -2.99. The molecule has 2 aromatic carbocycles. The Morgan fingerprint density at radius 2 is 1.83 bits per heavy atom. The third-order valence-corrected chi connectivity index (χ3v) is 5.31. The number of amides is 1. The number of carbonyl (C=O) groups excluding carboxylic acids is 1. The molecule has 1 aromatic heterocycles. The molecule has 0 bridgehead atoms. The van der Waals surface area contributed by atoms with Crippen LogP contribution < -0.4 is 11.3 Å². The first kappa shape index (κ1) is 21.7. The van der Waals surface area contributed by atoms with Crippen molar-refractivity contribution < 1.29 is 9.53 Å². The quantitative estimate of drug-likeness (QED) is 0.559. The molecule has 0 saturated carbocycles. The molecular formula is C24H29N3O3. The first-order chi connectivity index (χ1) is 14.4. The van der Waals surface area contributed by atoms with Crippen molar-refractivity contribution in [1.29, 1.82) is 0 Å². The number of aromatic nitrogens is 2. The molecule has 0 aliphatic carbocycles. The smallest absolute Gasteiger partial charge is 0.261 e. The molecule has 158 valence electrons. The minimum Gasteiger partial charge on any atom is -0.367 e. The highest BCUT2D eigenvalue weighted by Crippen LogP contribution is 2.19. The van der Waals surface area contributed by atoms with Crippen molar-refractivity contribution in [2.24, 2.45) is 5.73 Å². The lowest BCUT2D eigenvalue weighted by molar-refractivity contribution is -0.141. The SMILES string of the molecule is CCCOC(C)(Cc1ccc(CCCn2cnc3ccccc3c2=O)cc1)C(N)=O. The molecule has 1 unspecified atom stereocenters. The van der Waals surface area contributed by atoms with Crippen LogP contribution in [-0.4, -0.2) is 27.7 Å². The second kappa shape index (κ2) is 9.67. The molecule has 1 atom stereocenters. The van der Waals surface area contributed by atoms with Gasteiger partial charge in [-0.15, -0.1) is 0 Å². The van der Waals surface area contributed by atoms with Gasteiger partial charge in [-0.2, -0.15) is 0 Å². The zero-order valence-corrected chi connectivity index (χ0v) is 17.6. The molecular weight excluding hydrogens is 378 g/mol. The molecule has 6 heteroatoms. The molecule has 0 radical (unpaired) electrons. The van der Waals surface area contributed by atoms with Crippen molar-refractivity contribution in [1.82, 2.24) is 9.55 Å². The summed E-state index contributed by atoms with van der Waals surface area (Å²) in [5.74, 6) is -0.450. The summed E-state index contributed by atoms with van der Waals surface area (Å²) in [4.78, 5) is 28.8. The molecule has 3 rings (SSSR count). The summed E-state index contributed by atoms with van der Waals surface area (Å²) in [6.45, 7) is 4.86. The number of aryl methyl sites for hydroxylation is 2. The van der Waals surface area contributed by atoms with E-state index in [-0.39, 0.29) is 5.56 Å². The maximum absolute atomic E-state index is 12.6. The Labute approximate surface area is 176 Å². The van der Waals surface area contributed by atoms with Crippen molar-refractivity contribution in [3.05, 3.63) is 76.3 Å². The summed E-state index contributed by atoms with van der Waals surface area (Å²) in [6, 6.07) is 15.5. The van der Waals surface area contributed by atoms with Crippen LogP contribution in [0.5, 0.6) is 0 Å². The minimum absolute atomic E-state index is 0.00577. The van der Waals surface area contributed by atoms with E-state index in [1.54, 1.807) is 17.8 Å². The number of fused-ring (bicyclic) bond motifs is 1. The maximum Gasteiger partial charge on any atom is 0.261 e. The predicted octanol–water partition coefficient (Wildman–Crippen LogP) is 3.24. The van der Waals surface area contributed by atoms with Gasteiger partial charge in [-0.05, 0) is 49.4 Å². The lowest BCUT2D eigenvalue weighted by Crippen LogP contribution is -2.45. The first-order valence-electron chi connectivity index (χ1n) is 10.4. The number of primary amides is 1. The molecule has 1 amide bonds. The second-order valence-corrected chi connectivity index (χ2v) is 7.80. The molecule has 30 heavy (non-hydrogen) atoms. The van der Waals surface area contributed by atoms with Crippen LogP contribution in [0.15, 0.2) is 59.7 Å². The highest BCUT2D eigenvalue weighted by Gasteiger charge is 2.32. The van der Waals surface area contributed by atoms with E-state index >= 15 is 0 Å². The molecule has 6 nitrogen and oxygen atoms in total. The fourth-order valence-electron chi connectivity index (χ4n) is 3.47. The van der Waals surface area contributed by atoms with Crippen LogP contribution in [0.1, 0.15) is 37.8 Å². The van der Waals surface area contributed by atoms with Crippen LogP contribution in [0.3, 0.4) is 0 Å². The van der Waals surface area contributed by atoms with Crippen molar-refractivity contribution in [3.8, 4) is 0 Å². The lowest BCUT2D eigenvalue weighted by atomic mass is 9.94. The highest BCUT2D eigenvalue weighted by atomic mass is 16.5. The monoisotopic (exact) mass is 407 g/mol. The van der Waals surface area contributed by atoms with Crippen molar-refractivity contribution in [2.45, 2.75) is 51.7 Å². The number of hydrogen-bond donors (Lipinski definition) is 1. The van der Waals surface area contributed by atoms with Crippen LogP contribution >= 0.6 is 0 Å². The van der Waals surface area contributed by atoms with E-state index in [4.69, 9.17) is 10.5 Å². The summed E-state index contributed by atoms with van der Waals surface area (Å²) in [7, 11) is 0. The molecule has 0 saturated heterocycles. The van der Waals surface area contributed by atoms with Gasteiger partial charge in [0.25, 0.3) is 5.56 Å². The molecule has 0 fully saturated rings. The largest absolute Gasteiger partial charge is 0.367 e. The Kier molecular flexibility index (Phi) is 7.00. The summed E-state index contributed by atoms with van der Waals surface area (Å²) in [5.41, 5.74) is 7.46. The van der Waals surface area contributed by atoms with Crippen LogP contribution in [-0.2, 0) is 28.9 Å². The average Bonchev–Trinajstić information content (AvgIpc) is 2.75. The van der Waals surface area contributed by atoms with Gasteiger partial charge in [0, 0.05) is 19.6 Å².